The van der Waals surface area contributed by atoms with Crippen LogP contribution in [-0.4, -0.2) is 53.0 Å². The van der Waals surface area contributed by atoms with Crippen LogP contribution in [-0.2, 0) is 13.0 Å². The summed E-state index contributed by atoms with van der Waals surface area (Å²) in [5.74, 6) is -0.429. The summed E-state index contributed by atoms with van der Waals surface area (Å²) in [6.45, 7) is 3.14. The van der Waals surface area contributed by atoms with E-state index in [1.54, 1.807) is 30.1 Å². The van der Waals surface area contributed by atoms with Gasteiger partial charge in [0, 0.05) is 44.6 Å². The van der Waals surface area contributed by atoms with Crippen molar-refractivity contribution in [2.45, 2.75) is 57.6 Å². The van der Waals surface area contributed by atoms with Gasteiger partial charge in [0.05, 0.1) is 11.7 Å². The molecule has 5 rings (SSSR count). The number of hydrogen-bond donors (Lipinski definition) is 0. The van der Waals surface area contributed by atoms with Crippen LogP contribution in [0.5, 0.6) is 5.75 Å². The van der Waals surface area contributed by atoms with Crippen molar-refractivity contribution in [2.75, 3.05) is 13.6 Å². The first-order valence-corrected chi connectivity index (χ1v) is 13.1. The van der Waals surface area contributed by atoms with E-state index in [4.69, 9.17) is 5.10 Å². The molecule has 1 aromatic heterocycles. The number of carbonyl (C=O) groups excluding carboxylic acids is 1. The maximum Gasteiger partial charge on any atom is 0.573 e. The summed E-state index contributed by atoms with van der Waals surface area (Å²) in [6.07, 6.45) is 1.88. The Morgan fingerprint density at radius 3 is 2.59 bits per heavy atom. The van der Waals surface area contributed by atoms with Gasteiger partial charge in [-0.1, -0.05) is 44.0 Å². The van der Waals surface area contributed by atoms with Crippen LogP contribution in [0.2, 0.25) is 0 Å². The topological polar surface area (TPSA) is 72.1 Å². The van der Waals surface area contributed by atoms with Crippen LogP contribution >= 0.6 is 0 Å². The van der Waals surface area contributed by atoms with Crippen molar-refractivity contribution < 1.29 is 22.7 Å². The molecule has 10 heteroatoms. The van der Waals surface area contributed by atoms with Gasteiger partial charge in [0.1, 0.15) is 17.5 Å². The quantitative estimate of drug-likeness (QED) is 0.289. The Hall–Kier alpha value is -3.95. The monoisotopic (exact) mass is 537 g/mol. The standard InChI is InChI=1S/C29H30F3N5O2/c1-3-4-5-22-18-36(17-19-6-8-20(9-7-19)26-16-34-26)28(38)27-15-25(35-37(22)27)24-11-10-23(39-29(30,31)32)14-21(24)12-13-33-2/h6-11,13-16,22,26H,3-5,12,17-18H2,1-2H3/b33-13-. The van der Waals surface area contributed by atoms with E-state index in [0.29, 0.717) is 42.0 Å². The molecule has 0 aliphatic carbocycles. The molecule has 2 unspecified atom stereocenters. The third-order valence-electron chi connectivity index (χ3n) is 6.98. The van der Waals surface area contributed by atoms with Gasteiger partial charge in [0.25, 0.3) is 5.91 Å². The van der Waals surface area contributed by atoms with Crippen LogP contribution < -0.4 is 4.74 Å². The van der Waals surface area contributed by atoms with Gasteiger partial charge in [-0.25, -0.2) is 0 Å². The number of unbranched alkanes of at least 4 members (excludes halogenated alkanes) is 1. The average molecular weight is 538 g/mol. The van der Waals surface area contributed by atoms with Crippen LogP contribution in [0.3, 0.4) is 0 Å². The number of ether oxygens (including phenoxy) is 1. The van der Waals surface area contributed by atoms with Crippen molar-refractivity contribution in [2.24, 2.45) is 9.98 Å². The predicted octanol–water partition coefficient (Wildman–Crippen LogP) is 6.20. The van der Waals surface area contributed by atoms with E-state index < -0.39 is 6.36 Å². The van der Waals surface area contributed by atoms with Gasteiger partial charge in [-0.15, -0.1) is 13.2 Å². The number of hydrogen-bond acceptors (Lipinski definition) is 5. The average Bonchev–Trinajstić information content (AvgIpc) is 3.66. The fourth-order valence-corrected chi connectivity index (χ4v) is 4.96. The molecule has 3 aromatic rings. The molecule has 3 heterocycles. The Balaban J connectivity index is 1.45. The second-order valence-electron chi connectivity index (χ2n) is 9.84. The fraction of sp³-hybridized carbons (Fsp3) is 0.379. The number of aliphatic imine (C=N–C) groups is 2. The lowest BCUT2D eigenvalue weighted by atomic mass is 10.0. The lowest BCUT2D eigenvalue weighted by Crippen LogP contribution is -2.42. The highest BCUT2D eigenvalue weighted by molar-refractivity contribution is 5.94. The van der Waals surface area contributed by atoms with Crippen molar-refractivity contribution in [3.8, 4) is 17.0 Å². The number of amides is 1. The zero-order valence-electron chi connectivity index (χ0n) is 21.9. The SMILES string of the molecule is CCCCC1CN(Cc2ccc(C3C=N3)cc2)C(=O)c2cc(-c3ccc(OC(F)(F)F)cc3C/C=N\C)nn21. The number of benzene rings is 2. The molecule has 0 saturated carbocycles. The number of alkyl halides is 3. The highest BCUT2D eigenvalue weighted by atomic mass is 19.4. The highest BCUT2D eigenvalue weighted by Gasteiger charge is 2.34. The Morgan fingerprint density at radius 1 is 1.15 bits per heavy atom. The number of halogens is 3. The first kappa shape index (κ1) is 26.6. The molecular weight excluding hydrogens is 507 g/mol. The van der Waals surface area contributed by atoms with E-state index in [9.17, 15) is 18.0 Å². The van der Waals surface area contributed by atoms with Crippen molar-refractivity contribution in [1.82, 2.24) is 14.7 Å². The molecule has 39 heavy (non-hydrogen) atoms. The molecule has 2 aromatic carbocycles. The molecule has 2 aliphatic heterocycles. The molecule has 0 saturated heterocycles. The summed E-state index contributed by atoms with van der Waals surface area (Å²) in [6, 6.07) is 14.3. The number of aromatic nitrogens is 2. The molecule has 0 bridgehead atoms. The van der Waals surface area contributed by atoms with E-state index in [0.717, 1.165) is 30.4 Å². The molecule has 2 aliphatic rings. The summed E-state index contributed by atoms with van der Waals surface area (Å²) in [5, 5.41) is 4.81. The van der Waals surface area contributed by atoms with E-state index in [1.807, 2.05) is 35.4 Å². The molecule has 0 spiro atoms. The van der Waals surface area contributed by atoms with Crippen molar-refractivity contribution in [3.05, 3.63) is 70.9 Å². The van der Waals surface area contributed by atoms with Gasteiger partial charge in [-0.3, -0.25) is 14.5 Å². The number of rotatable bonds is 10. The molecule has 2 atom stereocenters. The van der Waals surface area contributed by atoms with Gasteiger partial charge in [-0.2, -0.15) is 5.10 Å². The maximum absolute atomic E-state index is 13.6. The van der Waals surface area contributed by atoms with Gasteiger partial charge >= 0.3 is 6.36 Å². The largest absolute Gasteiger partial charge is 0.573 e. The summed E-state index contributed by atoms with van der Waals surface area (Å²) < 4.78 is 44.4. The normalized spacial score (nSPS) is 18.6. The lowest BCUT2D eigenvalue weighted by Gasteiger charge is -2.33. The number of nitrogens with zero attached hydrogens (tertiary/aromatic N) is 5. The predicted molar refractivity (Wildman–Crippen MR) is 143 cm³/mol. The van der Waals surface area contributed by atoms with E-state index in [2.05, 4.69) is 21.6 Å². The van der Waals surface area contributed by atoms with Crippen LogP contribution in [0.1, 0.15) is 65.4 Å². The van der Waals surface area contributed by atoms with E-state index in [-0.39, 0.29) is 23.7 Å². The molecular formula is C29H30F3N5O2. The van der Waals surface area contributed by atoms with Gasteiger partial charge in [0.2, 0.25) is 0 Å². The lowest BCUT2D eigenvalue weighted by molar-refractivity contribution is -0.274. The van der Waals surface area contributed by atoms with Crippen molar-refractivity contribution >= 4 is 18.3 Å². The molecule has 1 amide bonds. The van der Waals surface area contributed by atoms with Crippen LogP contribution in [0.4, 0.5) is 13.2 Å². The molecule has 204 valence electrons. The van der Waals surface area contributed by atoms with Crippen molar-refractivity contribution in [1.29, 1.82) is 0 Å². The van der Waals surface area contributed by atoms with Gasteiger partial charge < -0.3 is 14.6 Å². The Labute approximate surface area is 225 Å². The minimum atomic E-state index is -4.79. The number of fused-ring (bicyclic) bond motifs is 1. The number of carbonyl (C=O) groups is 1. The van der Waals surface area contributed by atoms with Crippen LogP contribution in [0, 0.1) is 0 Å². The van der Waals surface area contributed by atoms with Gasteiger partial charge in [-0.05, 0) is 47.4 Å². The Morgan fingerprint density at radius 2 is 1.92 bits per heavy atom. The minimum Gasteiger partial charge on any atom is -0.406 e. The smallest absolute Gasteiger partial charge is 0.406 e. The Bertz CT molecular complexity index is 1390. The van der Waals surface area contributed by atoms with Gasteiger partial charge in [0.15, 0.2) is 0 Å². The van der Waals surface area contributed by atoms with E-state index >= 15 is 0 Å². The van der Waals surface area contributed by atoms with Crippen molar-refractivity contribution in [3.63, 3.8) is 0 Å². The summed E-state index contributed by atoms with van der Waals surface area (Å²) in [5.41, 5.74) is 4.41. The van der Waals surface area contributed by atoms with Crippen LogP contribution in [0.15, 0.2) is 58.5 Å². The first-order valence-electron chi connectivity index (χ1n) is 13.1. The second-order valence-corrected chi connectivity index (χ2v) is 9.84. The fourth-order valence-electron chi connectivity index (χ4n) is 4.96. The first-order chi connectivity index (χ1) is 18.8. The summed E-state index contributed by atoms with van der Waals surface area (Å²) in [4.78, 5) is 23.7. The summed E-state index contributed by atoms with van der Waals surface area (Å²) >= 11 is 0. The summed E-state index contributed by atoms with van der Waals surface area (Å²) in [7, 11) is 1.60. The highest BCUT2D eigenvalue weighted by Crippen LogP contribution is 2.34. The maximum atomic E-state index is 13.6. The second kappa shape index (κ2) is 11.0. The molecule has 0 fully saturated rings. The zero-order valence-corrected chi connectivity index (χ0v) is 21.9. The molecule has 0 N–H and O–H groups in total. The zero-order chi connectivity index (χ0) is 27.6. The molecule has 0 radical (unpaired) electrons. The van der Waals surface area contributed by atoms with Crippen LogP contribution in [0.25, 0.3) is 11.3 Å². The third-order valence-corrected chi connectivity index (χ3v) is 6.98. The minimum absolute atomic E-state index is 0.000900. The molecule has 7 nitrogen and oxygen atoms in total. The van der Waals surface area contributed by atoms with E-state index in [1.165, 1.54) is 12.1 Å². The Kier molecular flexibility index (Phi) is 7.54. The third kappa shape index (κ3) is 6.21.